The standard InChI is InChI=1S/C3H3BN4/c1-2-4-8-3(1)5-6-7-8/h1-2H,(H,5,7). The Morgan fingerprint density at radius 2 is 2.75 bits per heavy atom. The average Bonchev–Trinajstić information content (AvgIpc) is 2.15. The Morgan fingerprint density at radius 3 is 3.62 bits per heavy atom. The Balaban J connectivity index is 3.06. The van der Waals surface area contributed by atoms with Crippen LogP contribution in [0.25, 0.3) is 5.65 Å². The maximum atomic E-state index is 3.74. The fraction of sp³-hybridized carbons (Fsp3) is 0. The minimum atomic E-state index is 0.852. The Labute approximate surface area is 45.7 Å². The molecule has 4 nitrogen and oxygen atoms in total. The number of nitrogens with one attached hydrogen (secondary N) is 1. The molecular formula is C3H3BN4. The zero-order valence-electron chi connectivity index (χ0n) is 4.07. The summed E-state index contributed by atoms with van der Waals surface area (Å²) in [5.41, 5.74) is 0.852. The fourth-order valence-corrected chi connectivity index (χ4v) is 0.660. The van der Waals surface area contributed by atoms with Crippen LogP contribution in [0.1, 0.15) is 0 Å². The van der Waals surface area contributed by atoms with Gasteiger partial charge in [-0.25, -0.2) is 0 Å². The number of H-pyrrole nitrogens is 1. The van der Waals surface area contributed by atoms with E-state index in [4.69, 9.17) is 0 Å². The molecule has 2 aromatic heterocycles. The average molecular weight is 106 g/mol. The van der Waals surface area contributed by atoms with E-state index in [0.717, 1.165) is 5.65 Å². The van der Waals surface area contributed by atoms with E-state index in [1.165, 1.54) is 0 Å². The van der Waals surface area contributed by atoms with Gasteiger partial charge in [-0.2, -0.15) is 0 Å². The van der Waals surface area contributed by atoms with Crippen molar-refractivity contribution >= 4 is 12.7 Å². The van der Waals surface area contributed by atoms with Crippen LogP contribution in [-0.4, -0.2) is 27.0 Å². The monoisotopic (exact) mass is 106 g/mol. The predicted molar refractivity (Wildman–Crippen MR) is 28.7 cm³/mol. The van der Waals surface area contributed by atoms with Crippen LogP contribution in [0, 0.1) is 0 Å². The number of fused-ring (bicyclic) bond motifs is 1. The molecule has 0 aliphatic rings. The third-order valence-electron chi connectivity index (χ3n) is 1.03. The van der Waals surface area contributed by atoms with Gasteiger partial charge < -0.3 is 0 Å². The first kappa shape index (κ1) is 3.83. The summed E-state index contributed by atoms with van der Waals surface area (Å²) < 4.78 is 1.74. The summed E-state index contributed by atoms with van der Waals surface area (Å²) in [6, 6.07) is 1.88. The molecule has 0 saturated carbocycles. The summed E-state index contributed by atoms with van der Waals surface area (Å²) in [5.74, 6) is 1.90. The van der Waals surface area contributed by atoms with E-state index >= 15 is 0 Å². The number of rotatable bonds is 0. The molecule has 0 atom stereocenters. The number of hydrogen-bond acceptors (Lipinski definition) is 2. The van der Waals surface area contributed by atoms with E-state index < -0.39 is 0 Å². The van der Waals surface area contributed by atoms with E-state index in [2.05, 4.69) is 15.5 Å². The van der Waals surface area contributed by atoms with Crippen molar-refractivity contribution in [3.05, 3.63) is 12.0 Å². The number of aromatic nitrogens is 4. The van der Waals surface area contributed by atoms with E-state index in [-0.39, 0.29) is 0 Å². The van der Waals surface area contributed by atoms with Crippen LogP contribution >= 0.6 is 0 Å². The van der Waals surface area contributed by atoms with Crippen molar-refractivity contribution in [3.63, 3.8) is 0 Å². The summed E-state index contributed by atoms with van der Waals surface area (Å²) in [5, 5.41) is 9.94. The summed E-state index contributed by atoms with van der Waals surface area (Å²) in [7, 11) is 1.86. The van der Waals surface area contributed by atoms with Crippen LogP contribution in [-0.2, 0) is 0 Å². The third kappa shape index (κ3) is 0.331. The van der Waals surface area contributed by atoms with Crippen molar-refractivity contribution in [1.82, 2.24) is 19.9 Å². The zero-order chi connectivity index (χ0) is 5.40. The van der Waals surface area contributed by atoms with Crippen LogP contribution in [0.4, 0.5) is 0 Å². The van der Waals surface area contributed by atoms with E-state index in [0.29, 0.717) is 0 Å². The molecule has 0 amide bonds. The molecule has 0 unspecified atom stereocenters. The number of tetrazole rings is 1. The fourth-order valence-electron chi connectivity index (χ4n) is 0.660. The molecule has 2 aromatic rings. The van der Waals surface area contributed by atoms with Gasteiger partial charge in [0, 0.05) is 0 Å². The summed E-state index contributed by atoms with van der Waals surface area (Å²) in [6.07, 6.45) is 0. The Bertz CT molecular complexity index is 233. The predicted octanol–water partition coefficient (Wildman–Crippen LogP) is -0.605. The molecule has 0 spiro atoms. The second-order valence-corrected chi connectivity index (χ2v) is 1.54. The Morgan fingerprint density at radius 1 is 1.75 bits per heavy atom. The van der Waals surface area contributed by atoms with E-state index in [9.17, 15) is 0 Å². The topological polar surface area (TPSA) is 46.0 Å². The molecule has 1 N–H and O–H groups in total. The summed E-state index contributed by atoms with van der Waals surface area (Å²) in [6.45, 7) is 0. The van der Waals surface area contributed by atoms with Crippen molar-refractivity contribution in [2.75, 3.05) is 0 Å². The van der Waals surface area contributed by atoms with Crippen molar-refractivity contribution < 1.29 is 0 Å². The van der Waals surface area contributed by atoms with Gasteiger partial charge >= 0.3 is 44.7 Å². The Hall–Kier alpha value is -1.13. The first-order valence-electron chi connectivity index (χ1n) is 2.31. The van der Waals surface area contributed by atoms with Gasteiger partial charge in [0.25, 0.3) is 0 Å². The maximum absolute atomic E-state index is 3.74. The van der Waals surface area contributed by atoms with Crippen LogP contribution in [0.15, 0.2) is 12.0 Å². The normalized spacial score (nSPS) is 10.0. The molecule has 38 valence electrons. The zero-order valence-corrected chi connectivity index (χ0v) is 4.07. The molecule has 0 fully saturated rings. The van der Waals surface area contributed by atoms with Crippen molar-refractivity contribution in [2.45, 2.75) is 0 Å². The van der Waals surface area contributed by atoms with Gasteiger partial charge in [-0.3, -0.25) is 0 Å². The summed E-state index contributed by atoms with van der Waals surface area (Å²) >= 11 is 0. The molecule has 0 radical (unpaired) electrons. The van der Waals surface area contributed by atoms with Gasteiger partial charge in [0.2, 0.25) is 0 Å². The van der Waals surface area contributed by atoms with Crippen molar-refractivity contribution in [3.8, 4) is 0 Å². The van der Waals surface area contributed by atoms with Crippen LogP contribution < -0.4 is 0 Å². The molecule has 2 rings (SSSR count). The quantitative estimate of drug-likeness (QED) is 0.487. The second-order valence-electron chi connectivity index (χ2n) is 1.54. The van der Waals surface area contributed by atoms with E-state index in [1.807, 2.05) is 19.1 Å². The molecule has 0 saturated heterocycles. The molecule has 0 aliphatic carbocycles. The number of hydrogen-bond donors (Lipinski definition) is 1. The van der Waals surface area contributed by atoms with Gasteiger partial charge in [0.1, 0.15) is 0 Å². The number of aromatic amines is 1. The van der Waals surface area contributed by atoms with Gasteiger partial charge in [-0.1, -0.05) is 0 Å². The second kappa shape index (κ2) is 1.18. The SMILES string of the molecule is b1ccc2nn[nH]n12. The van der Waals surface area contributed by atoms with Crippen molar-refractivity contribution in [2.24, 2.45) is 0 Å². The Kier molecular flexibility index (Phi) is 0.565. The molecule has 8 heavy (non-hydrogen) atoms. The van der Waals surface area contributed by atoms with Crippen LogP contribution in [0.3, 0.4) is 0 Å². The molecular weight excluding hydrogens is 103 g/mol. The first-order valence-corrected chi connectivity index (χ1v) is 2.31. The van der Waals surface area contributed by atoms with Gasteiger partial charge in [-0.15, -0.1) is 0 Å². The van der Waals surface area contributed by atoms with Gasteiger partial charge in [0.05, 0.1) is 0 Å². The van der Waals surface area contributed by atoms with Crippen molar-refractivity contribution in [1.29, 1.82) is 0 Å². The molecule has 5 heteroatoms. The molecule has 0 aliphatic heterocycles. The molecule has 0 aromatic carbocycles. The van der Waals surface area contributed by atoms with Crippen LogP contribution in [0.2, 0.25) is 0 Å². The van der Waals surface area contributed by atoms with Gasteiger partial charge in [0.15, 0.2) is 0 Å². The van der Waals surface area contributed by atoms with Crippen LogP contribution in [0.5, 0.6) is 0 Å². The molecule has 2 heterocycles. The number of nitrogens with zero attached hydrogens (tertiary/aromatic N) is 3. The van der Waals surface area contributed by atoms with Gasteiger partial charge in [-0.05, 0) is 0 Å². The first-order chi connectivity index (χ1) is 3.97. The third-order valence-corrected chi connectivity index (χ3v) is 1.03. The van der Waals surface area contributed by atoms with E-state index in [1.54, 1.807) is 4.42 Å². The molecule has 0 bridgehead atoms. The minimum absolute atomic E-state index is 0.852. The summed E-state index contributed by atoms with van der Waals surface area (Å²) in [4.78, 5) is 0.